The molecule has 1 aromatic carbocycles. The van der Waals surface area contributed by atoms with Crippen LogP contribution in [0.25, 0.3) is 0 Å². The Balaban J connectivity index is 3.00. The second kappa shape index (κ2) is 6.39. The predicted octanol–water partition coefficient (Wildman–Crippen LogP) is 3.97. The number of Topliss-reactive ketones (excluding diaryl/α,β-unsaturated/α-hetero) is 1. The standard InChI is InChI=1S/C13H16Cl2O2/c1-3-8(4-2)12(16)13(17)9-6-5-7-10(14)11(9)15/h5-8,12,16H,3-4H2,1-2H3. The van der Waals surface area contributed by atoms with Gasteiger partial charge in [0.15, 0.2) is 5.78 Å². The van der Waals surface area contributed by atoms with Crippen molar-refractivity contribution in [1.82, 2.24) is 0 Å². The molecule has 1 aromatic rings. The Morgan fingerprint density at radius 3 is 2.41 bits per heavy atom. The second-order valence-electron chi connectivity index (χ2n) is 3.99. The average Bonchev–Trinajstić information content (AvgIpc) is 2.33. The molecular weight excluding hydrogens is 259 g/mol. The third-order valence-electron chi connectivity index (χ3n) is 2.98. The number of ketones is 1. The van der Waals surface area contributed by atoms with Crippen molar-refractivity contribution in [3.05, 3.63) is 33.8 Å². The van der Waals surface area contributed by atoms with Crippen LogP contribution in [0.3, 0.4) is 0 Å². The van der Waals surface area contributed by atoms with Crippen LogP contribution in [-0.4, -0.2) is 17.0 Å². The zero-order chi connectivity index (χ0) is 13.0. The molecule has 0 bridgehead atoms. The summed E-state index contributed by atoms with van der Waals surface area (Å²) in [5, 5.41) is 10.5. The van der Waals surface area contributed by atoms with Crippen LogP contribution < -0.4 is 0 Å². The molecule has 0 spiro atoms. The first kappa shape index (κ1) is 14.5. The van der Waals surface area contributed by atoms with Crippen LogP contribution in [0, 0.1) is 5.92 Å². The number of carbonyl (C=O) groups is 1. The molecule has 0 fully saturated rings. The first-order valence-corrected chi connectivity index (χ1v) is 6.44. The van der Waals surface area contributed by atoms with E-state index in [-0.39, 0.29) is 16.7 Å². The molecular formula is C13H16Cl2O2. The number of halogens is 2. The summed E-state index contributed by atoms with van der Waals surface area (Å²) in [7, 11) is 0. The lowest BCUT2D eigenvalue weighted by Crippen LogP contribution is -2.29. The summed E-state index contributed by atoms with van der Waals surface area (Å²) in [6.07, 6.45) is 0.490. The molecule has 0 aliphatic rings. The van der Waals surface area contributed by atoms with Crippen molar-refractivity contribution in [2.45, 2.75) is 32.8 Å². The van der Waals surface area contributed by atoms with Crippen LogP contribution in [0.4, 0.5) is 0 Å². The van der Waals surface area contributed by atoms with E-state index in [1.165, 1.54) is 0 Å². The highest BCUT2D eigenvalue weighted by Gasteiger charge is 2.26. The summed E-state index contributed by atoms with van der Waals surface area (Å²) in [6.45, 7) is 3.90. The van der Waals surface area contributed by atoms with Gasteiger partial charge in [0.25, 0.3) is 0 Å². The SMILES string of the molecule is CCC(CC)C(O)C(=O)c1cccc(Cl)c1Cl. The van der Waals surface area contributed by atoms with Crippen molar-refractivity contribution >= 4 is 29.0 Å². The lowest BCUT2D eigenvalue weighted by Gasteiger charge is -2.19. The van der Waals surface area contributed by atoms with Crippen molar-refractivity contribution < 1.29 is 9.90 Å². The molecule has 1 atom stereocenters. The molecule has 1 N–H and O–H groups in total. The Morgan fingerprint density at radius 1 is 1.29 bits per heavy atom. The quantitative estimate of drug-likeness (QED) is 0.825. The van der Waals surface area contributed by atoms with Gasteiger partial charge in [-0.25, -0.2) is 0 Å². The first-order valence-electron chi connectivity index (χ1n) is 5.69. The van der Waals surface area contributed by atoms with Crippen molar-refractivity contribution in [3.8, 4) is 0 Å². The van der Waals surface area contributed by atoms with Crippen LogP contribution in [0.1, 0.15) is 37.0 Å². The van der Waals surface area contributed by atoms with E-state index in [4.69, 9.17) is 23.2 Å². The van der Waals surface area contributed by atoms with E-state index in [1.54, 1.807) is 18.2 Å². The van der Waals surface area contributed by atoms with Crippen molar-refractivity contribution in [3.63, 3.8) is 0 Å². The Labute approximate surface area is 112 Å². The van der Waals surface area contributed by atoms with Crippen LogP contribution in [0.2, 0.25) is 10.0 Å². The highest BCUT2D eigenvalue weighted by molar-refractivity contribution is 6.44. The summed E-state index contributed by atoms with van der Waals surface area (Å²) >= 11 is 11.8. The van der Waals surface area contributed by atoms with E-state index in [0.29, 0.717) is 10.6 Å². The molecule has 1 unspecified atom stereocenters. The van der Waals surface area contributed by atoms with Crippen molar-refractivity contribution in [2.24, 2.45) is 5.92 Å². The van der Waals surface area contributed by atoms with Crippen molar-refractivity contribution in [1.29, 1.82) is 0 Å². The maximum absolute atomic E-state index is 12.1. The fourth-order valence-electron chi connectivity index (χ4n) is 1.80. The number of benzene rings is 1. The molecule has 17 heavy (non-hydrogen) atoms. The zero-order valence-corrected chi connectivity index (χ0v) is 11.4. The third-order valence-corrected chi connectivity index (χ3v) is 3.80. The molecule has 0 aromatic heterocycles. The number of hydrogen-bond donors (Lipinski definition) is 1. The Kier molecular flexibility index (Phi) is 5.44. The third kappa shape index (κ3) is 3.21. The van der Waals surface area contributed by atoms with Gasteiger partial charge in [0.2, 0.25) is 0 Å². The second-order valence-corrected chi connectivity index (χ2v) is 4.77. The number of hydrogen-bond acceptors (Lipinski definition) is 2. The van der Waals surface area contributed by atoms with Gasteiger partial charge in [-0.3, -0.25) is 4.79 Å². The summed E-state index contributed by atoms with van der Waals surface area (Å²) in [6, 6.07) is 4.85. The average molecular weight is 275 g/mol. The fourth-order valence-corrected chi connectivity index (χ4v) is 2.20. The number of aliphatic hydroxyl groups is 1. The van der Waals surface area contributed by atoms with Gasteiger partial charge in [0, 0.05) is 5.56 Å². The molecule has 0 aliphatic heterocycles. The molecule has 0 radical (unpaired) electrons. The van der Waals surface area contributed by atoms with E-state index in [9.17, 15) is 9.90 Å². The molecule has 0 heterocycles. The molecule has 4 heteroatoms. The van der Waals surface area contributed by atoms with Gasteiger partial charge in [0.1, 0.15) is 6.10 Å². The molecule has 1 rings (SSSR count). The van der Waals surface area contributed by atoms with E-state index >= 15 is 0 Å². The maximum Gasteiger partial charge on any atom is 0.193 e. The largest absolute Gasteiger partial charge is 0.385 e. The number of aliphatic hydroxyl groups excluding tert-OH is 1. The summed E-state index contributed by atoms with van der Waals surface area (Å²) in [5.74, 6) is -0.399. The van der Waals surface area contributed by atoms with Gasteiger partial charge < -0.3 is 5.11 Å². The molecule has 0 aliphatic carbocycles. The van der Waals surface area contributed by atoms with Gasteiger partial charge in [-0.05, 0) is 18.1 Å². The molecule has 2 nitrogen and oxygen atoms in total. The molecule has 0 saturated carbocycles. The lowest BCUT2D eigenvalue weighted by molar-refractivity contribution is 0.0588. The van der Waals surface area contributed by atoms with E-state index in [0.717, 1.165) is 12.8 Å². The van der Waals surface area contributed by atoms with Gasteiger partial charge in [-0.2, -0.15) is 0 Å². The smallest absolute Gasteiger partial charge is 0.193 e. The lowest BCUT2D eigenvalue weighted by atomic mass is 9.91. The highest BCUT2D eigenvalue weighted by Crippen LogP contribution is 2.28. The summed E-state index contributed by atoms with van der Waals surface area (Å²) in [4.78, 5) is 12.1. The summed E-state index contributed by atoms with van der Waals surface area (Å²) < 4.78 is 0. The van der Waals surface area contributed by atoms with Crippen LogP contribution in [0.5, 0.6) is 0 Å². The van der Waals surface area contributed by atoms with E-state index in [2.05, 4.69) is 0 Å². The number of rotatable bonds is 5. The van der Waals surface area contributed by atoms with E-state index < -0.39 is 6.10 Å². The van der Waals surface area contributed by atoms with Gasteiger partial charge in [-0.1, -0.05) is 56.0 Å². The zero-order valence-electron chi connectivity index (χ0n) is 9.91. The minimum absolute atomic E-state index is 0.0439. The van der Waals surface area contributed by atoms with Gasteiger partial charge in [0.05, 0.1) is 10.0 Å². The maximum atomic E-state index is 12.1. The van der Waals surface area contributed by atoms with Crippen LogP contribution in [0.15, 0.2) is 18.2 Å². The normalized spacial score (nSPS) is 12.8. The van der Waals surface area contributed by atoms with Crippen LogP contribution in [-0.2, 0) is 0 Å². The van der Waals surface area contributed by atoms with Gasteiger partial charge in [-0.15, -0.1) is 0 Å². The first-order chi connectivity index (χ1) is 8.02. The van der Waals surface area contributed by atoms with Gasteiger partial charge >= 0.3 is 0 Å². The molecule has 0 saturated heterocycles. The minimum Gasteiger partial charge on any atom is -0.385 e. The summed E-state index contributed by atoms with van der Waals surface area (Å²) in [5.41, 5.74) is 0.290. The van der Waals surface area contributed by atoms with Crippen LogP contribution >= 0.6 is 23.2 Å². The molecule has 94 valence electrons. The highest BCUT2D eigenvalue weighted by atomic mass is 35.5. The predicted molar refractivity (Wildman–Crippen MR) is 70.9 cm³/mol. The number of carbonyl (C=O) groups excluding carboxylic acids is 1. The molecule has 0 amide bonds. The Morgan fingerprint density at radius 2 is 1.88 bits per heavy atom. The Bertz CT molecular complexity index is 400. The van der Waals surface area contributed by atoms with E-state index in [1.807, 2.05) is 13.8 Å². The fraction of sp³-hybridized carbons (Fsp3) is 0.462. The Hall–Kier alpha value is -0.570. The minimum atomic E-state index is -1.01. The topological polar surface area (TPSA) is 37.3 Å². The van der Waals surface area contributed by atoms with Crippen molar-refractivity contribution in [2.75, 3.05) is 0 Å². The monoisotopic (exact) mass is 274 g/mol.